The molecule has 0 aromatic carbocycles. The van der Waals surface area contributed by atoms with E-state index in [1.165, 1.54) is 0 Å². The Morgan fingerprint density at radius 1 is 1.12 bits per heavy atom. The first-order chi connectivity index (χ1) is 14.8. The number of methoxy groups -OCH3 is 1. The van der Waals surface area contributed by atoms with Crippen LogP contribution in [0.15, 0.2) is 0 Å². The molecule has 0 saturated carbocycles. The lowest BCUT2D eigenvalue weighted by Crippen LogP contribution is -2.42. The minimum Gasteiger partial charge on any atom is -0.479 e. The molecule has 2 aromatic rings. The van der Waals surface area contributed by atoms with Gasteiger partial charge in [-0.15, -0.1) is 5.10 Å². The van der Waals surface area contributed by atoms with Crippen LogP contribution in [-0.2, 0) is 27.8 Å². The van der Waals surface area contributed by atoms with Crippen molar-refractivity contribution in [3.05, 3.63) is 16.8 Å². The molecule has 0 unspecified atom stereocenters. The fourth-order valence-electron chi connectivity index (χ4n) is 3.64. The summed E-state index contributed by atoms with van der Waals surface area (Å²) in [5, 5.41) is 5.24. The van der Waals surface area contributed by atoms with E-state index < -0.39 is 11.6 Å². The standard InChI is InChI=1S/C23H37N5O4/c1-15-17(16(2)24-21-20(15)22(31-9)25-27(21)8)10-11-18(29)28(13-12-26(6)7)14-19(30)32-23(3,4)5/h10-14H2,1-9H3. The van der Waals surface area contributed by atoms with Gasteiger partial charge in [-0.25, -0.2) is 9.67 Å². The van der Waals surface area contributed by atoms with E-state index in [0.29, 0.717) is 25.4 Å². The number of rotatable bonds is 9. The van der Waals surface area contributed by atoms with Gasteiger partial charge in [-0.05, 0) is 66.3 Å². The maximum atomic E-state index is 13.1. The zero-order chi connectivity index (χ0) is 24.2. The molecule has 32 heavy (non-hydrogen) atoms. The van der Waals surface area contributed by atoms with Crippen molar-refractivity contribution in [2.45, 2.75) is 53.1 Å². The molecular formula is C23H37N5O4. The van der Waals surface area contributed by atoms with E-state index >= 15 is 0 Å². The van der Waals surface area contributed by atoms with E-state index in [0.717, 1.165) is 27.9 Å². The van der Waals surface area contributed by atoms with E-state index in [4.69, 9.17) is 14.5 Å². The highest BCUT2D eigenvalue weighted by atomic mass is 16.6. The maximum Gasteiger partial charge on any atom is 0.326 e. The fourth-order valence-corrected chi connectivity index (χ4v) is 3.64. The molecule has 1 amide bonds. The summed E-state index contributed by atoms with van der Waals surface area (Å²) in [7, 11) is 7.29. The summed E-state index contributed by atoms with van der Waals surface area (Å²) >= 11 is 0. The summed E-state index contributed by atoms with van der Waals surface area (Å²) in [5.41, 5.74) is 3.04. The summed E-state index contributed by atoms with van der Waals surface area (Å²) in [6.07, 6.45) is 0.790. The monoisotopic (exact) mass is 447 g/mol. The predicted molar refractivity (Wildman–Crippen MR) is 124 cm³/mol. The quantitative estimate of drug-likeness (QED) is 0.545. The third-order valence-electron chi connectivity index (χ3n) is 5.21. The van der Waals surface area contributed by atoms with Crippen molar-refractivity contribution >= 4 is 22.9 Å². The molecule has 178 valence electrons. The molecule has 0 atom stereocenters. The van der Waals surface area contributed by atoms with Crippen LogP contribution in [0.4, 0.5) is 0 Å². The van der Waals surface area contributed by atoms with Gasteiger partial charge in [0.2, 0.25) is 11.8 Å². The van der Waals surface area contributed by atoms with Crippen molar-refractivity contribution in [1.82, 2.24) is 24.6 Å². The van der Waals surface area contributed by atoms with Crippen LogP contribution in [0, 0.1) is 13.8 Å². The average Bonchev–Trinajstić information content (AvgIpc) is 2.98. The number of aryl methyl sites for hydroxylation is 3. The highest BCUT2D eigenvalue weighted by Crippen LogP contribution is 2.30. The molecule has 0 radical (unpaired) electrons. The third-order valence-corrected chi connectivity index (χ3v) is 5.21. The van der Waals surface area contributed by atoms with Gasteiger partial charge in [-0.3, -0.25) is 9.59 Å². The van der Waals surface area contributed by atoms with Gasteiger partial charge >= 0.3 is 5.97 Å². The van der Waals surface area contributed by atoms with Crippen molar-refractivity contribution in [3.63, 3.8) is 0 Å². The summed E-state index contributed by atoms with van der Waals surface area (Å²) < 4.78 is 12.5. The second kappa shape index (κ2) is 10.3. The average molecular weight is 448 g/mol. The number of nitrogens with zero attached hydrogens (tertiary/aromatic N) is 5. The lowest BCUT2D eigenvalue weighted by atomic mass is 10.00. The molecule has 2 heterocycles. The Kier molecular flexibility index (Phi) is 8.23. The molecule has 0 aliphatic rings. The SMILES string of the molecule is COc1nn(C)c2nc(C)c(CCC(=O)N(CCN(C)C)CC(=O)OC(C)(C)C)c(C)c12. The number of hydrogen-bond donors (Lipinski definition) is 0. The number of carbonyl (C=O) groups excluding carboxylic acids is 2. The van der Waals surface area contributed by atoms with Gasteiger partial charge in [0.25, 0.3) is 0 Å². The molecule has 9 heteroatoms. The molecule has 0 N–H and O–H groups in total. The highest BCUT2D eigenvalue weighted by Gasteiger charge is 2.23. The van der Waals surface area contributed by atoms with Crippen LogP contribution in [0.2, 0.25) is 0 Å². The lowest BCUT2D eigenvalue weighted by Gasteiger charge is -2.26. The molecular weight excluding hydrogens is 410 g/mol. The van der Waals surface area contributed by atoms with E-state index in [1.807, 2.05) is 60.7 Å². The maximum absolute atomic E-state index is 13.1. The topological polar surface area (TPSA) is 89.8 Å². The molecule has 2 rings (SSSR count). The predicted octanol–water partition coefficient (Wildman–Crippen LogP) is 2.26. The Morgan fingerprint density at radius 3 is 2.34 bits per heavy atom. The van der Waals surface area contributed by atoms with Crippen LogP contribution in [0.25, 0.3) is 11.0 Å². The second-order valence-corrected chi connectivity index (χ2v) is 9.34. The van der Waals surface area contributed by atoms with Crippen molar-refractivity contribution < 1.29 is 19.1 Å². The van der Waals surface area contributed by atoms with Crippen LogP contribution in [0.5, 0.6) is 5.88 Å². The number of amides is 1. The van der Waals surface area contributed by atoms with E-state index in [-0.39, 0.29) is 18.9 Å². The van der Waals surface area contributed by atoms with Gasteiger partial charge in [0, 0.05) is 32.3 Å². The van der Waals surface area contributed by atoms with Crippen LogP contribution in [0.3, 0.4) is 0 Å². The van der Waals surface area contributed by atoms with Gasteiger partial charge in [0.05, 0.1) is 12.5 Å². The second-order valence-electron chi connectivity index (χ2n) is 9.34. The molecule has 0 saturated heterocycles. The number of carbonyl (C=O) groups is 2. The molecule has 0 aliphatic heterocycles. The molecule has 0 spiro atoms. The molecule has 0 bridgehead atoms. The van der Waals surface area contributed by atoms with Crippen LogP contribution in [-0.4, -0.2) is 82.9 Å². The van der Waals surface area contributed by atoms with Gasteiger partial charge in [0.1, 0.15) is 12.1 Å². The number of esters is 1. The fraction of sp³-hybridized carbons (Fsp3) is 0.652. The Labute approximate surface area is 190 Å². The molecule has 0 fully saturated rings. The first-order valence-electron chi connectivity index (χ1n) is 10.8. The van der Waals surface area contributed by atoms with Crippen LogP contribution >= 0.6 is 0 Å². The highest BCUT2D eigenvalue weighted by molar-refractivity contribution is 5.87. The molecule has 9 nitrogen and oxygen atoms in total. The first kappa shape index (κ1) is 25.6. The van der Waals surface area contributed by atoms with Crippen LogP contribution < -0.4 is 4.74 Å². The Balaban J connectivity index is 2.21. The molecule has 0 aliphatic carbocycles. The Morgan fingerprint density at radius 2 is 1.78 bits per heavy atom. The van der Waals surface area contributed by atoms with Gasteiger partial charge in [-0.1, -0.05) is 0 Å². The zero-order valence-corrected chi connectivity index (χ0v) is 20.9. The van der Waals surface area contributed by atoms with E-state index in [9.17, 15) is 9.59 Å². The van der Waals surface area contributed by atoms with Crippen LogP contribution in [0.1, 0.15) is 44.0 Å². The van der Waals surface area contributed by atoms with Gasteiger partial charge < -0.3 is 19.3 Å². The summed E-state index contributed by atoms with van der Waals surface area (Å²) in [4.78, 5) is 33.7. The van der Waals surface area contributed by atoms with Gasteiger partial charge in [-0.2, -0.15) is 0 Å². The largest absolute Gasteiger partial charge is 0.479 e. The number of fused-ring (bicyclic) bond motifs is 1. The minimum atomic E-state index is -0.592. The lowest BCUT2D eigenvalue weighted by molar-refractivity contribution is -0.159. The number of hydrogen-bond acceptors (Lipinski definition) is 7. The Bertz CT molecular complexity index is 975. The molecule has 2 aromatic heterocycles. The number of pyridine rings is 1. The minimum absolute atomic E-state index is 0.0599. The van der Waals surface area contributed by atoms with E-state index in [1.54, 1.807) is 16.7 Å². The zero-order valence-electron chi connectivity index (χ0n) is 20.9. The van der Waals surface area contributed by atoms with Gasteiger partial charge in [0.15, 0.2) is 5.65 Å². The normalized spacial score (nSPS) is 11.8. The van der Waals surface area contributed by atoms with E-state index in [2.05, 4.69) is 5.10 Å². The van der Waals surface area contributed by atoms with Crippen molar-refractivity contribution in [1.29, 1.82) is 0 Å². The summed E-state index contributed by atoms with van der Waals surface area (Å²) in [5.74, 6) is 0.0347. The first-order valence-corrected chi connectivity index (χ1v) is 10.8. The smallest absolute Gasteiger partial charge is 0.326 e. The van der Waals surface area contributed by atoms with Crippen molar-refractivity contribution in [3.8, 4) is 5.88 Å². The number of aromatic nitrogens is 3. The summed E-state index contributed by atoms with van der Waals surface area (Å²) in [6, 6.07) is 0. The van der Waals surface area contributed by atoms with Crippen molar-refractivity contribution in [2.75, 3.05) is 40.8 Å². The number of ether oxygens (including phenoxy) is 2. The Hall–Kier alpha value is -2.68. The van der Waals surface area contributed by atoms with Crippen molar-refractivity contribution in [2.24, 2.45) is 7.05 Å². The number of likely N-dealkylation sites (N-methyl/N-ethyl adjacent to an activating group) is 1. The summed E-state index contributed by atoms with van der Waals surface area (Å²) in [6.45, 7) is 10.5. The third kappa shape index (κ3) is 6.41.